The molecule has 0 spiro atoms. The van der Waals surface area contributed by atoms with Crippen LogP contribution < -0.4 is 0 Å². The Morgan fingerprint density at radius 3 is 1.29 bits per heavy atom. The Bertz CT molecular complexity index is 1450. The van der Waals surface area contributed by atoms with E-state index < -0.39 is 7.26 Å². The molecule has 4 aromatic rings. The Kier molecular flexibility index (Phi) is 12.1. The molecule has 5 rings (SSSR count). The molecular weight excluding hydrogens is 567 g/mol. The number of rotatable bonds is 17. The minimum atomic E-state index is -1.34. The highest BCUT2D eigenvalue weighted by molar-refractivity contribution is 7.73. The molecule has 0 atom stereocenters. The summed E-state index contributed by atoms with van der Waals surface area (Å²) in [4.78, 5) is 25.8. The van der Waals surface area contributed by atoms with Crippen molar-refractivity contribution < 1.29 is 9.59 Å². The van der Waals surface area contributed by atoms with Gasteiger partial charge in [-0.1, -0.05) is 147 Å². The number of benzene rings is 4. The van der Waals surface area contributed by atoms with E-state index in [0.717, 1.165) is 18.4 Å². The monoisotopic (exact) mass is 615 g/mol. The van der Waals surface area contributed by atoms with Crippen LogP contribution in [0.25, 0.3) is 0 Å². The Morgan fingerprint density at radius 1 is 0.444 bits per heavy atom. The highest BCUT2D eigenvalue weighted by atomic mass is 31.2. The van der Waals surface area contributed by atoms with Gasteiger partial charge in [0.15, 0.2) is 11.6 Å². The van der Waals surface area contributed by atoms with Gasteiger partial charge < -0.3 is 0 Å². The van der Waals surface area contributed by atoms with Crippen LogP contribution >= 0.6 is 7.26 Å². The van der Waals surface area contributed by atoms with Crippen molar-refractivity contribution in [1.82, 2.24) is 0 Å². The maximum absolute atomic E-state index is 13.0. The molecule has 0 aliphatic heterocycles. The molecule has 3 heteroatoms. The van der Waals surface area contributed by atoms with Gasteiger partial charge in [-0.2, -0.15) is 0 Å². The second-order valence-corrected chi connectivity index (χ2v) is 17.0. The summed E-state index contributed by atoms with van der Waals surface area (Å²) in [6.07, 6.45) is 15.3. The van der Waals surface area contributed by atoms with Crippen LogP contribution in [0.3, 0.4) is 0 Å². The molecule has 0 amide bonds. The third-order valence-corrected chi connectivity index (χ3v) is 13.7. The normalized spacial score (nSPS) is 13.3. The maximum Gasteiger partial charge on any atom is 0.190 e. The van der Waals surface area contributed by atoms with Crippen molar-refractivity contribution in [2.24, 2.45) is 0 Å². The zero-order valence-corrected chi connectivity index (χ0v) is 27.8. The minimum Gasteiger partial charge on any atom is -0.289 e. The number of carbonyl (C=O) groups excluding carboxylic acids is 2. The van der Waals surface area contributed by atoms with E-state index >= 15 is 0 Å². The summed E-state index contributed by atoms with van der Waals surface area (Å²) in [6, 6.07) is 40.7. The lowest BCUT2D eigenvalue weighted by atomic mass is 9.82. The van der Waals surface area contributed by atoms with E-state index in [1.807, 2.05) is 19.1 Å². The lowest BCUT2D eigenvalue weighted by Crippen LogP contribution is -2.20. The van der Waals surface area contributed by atoms with Crippen LogP contribution in [0, 0.1) is 0 Å². The van der Waals surface area contributed by atoms with E-state index in [9.17, 15) is 9.59 Å². The fourth-order valence-electron chi connectivity index (χ4n) is 6.98. The van der Waals surface area contributed by atoms with Crippen LogP contribution in [0.2, 0.25) is 0 Å². The lowest BCUT2D eigenvalue weighted by Gasteiger charge is -2.29. The molecule has 0 aromatic heterocycles. The van der Waals surface area contributed by atoms with Crippen molar-refractivity contribution in [3.63, 3.8) is 0 Å². The highest BCUT2D eigenvalue weighted by Gasteiger charge is 2.37. The zero-order valence-electron chi connectivity index (χ0n) is 26.9. The summed E-state index contributed by atoms with van der Waals surface area (Å²) in [7, 11) is -1.34. The first-order valence-corrected chi connectivity index (χ1v) is 19.4. The Labute approximate surface area is 271 Å². The molecule has 0 saturated carbocycles. The summed E-state index contributed by atoms with van der Waals surface area (Å²) in [5.74, 6) is 0.0661. The molecule has 1 aliphatic carbocycles. The number of allylic oxidation sites excluding steroid dienone is 2. The van der Waals surface area contributed by atoms with Crippen LogP contribution in [0.15, 0.2) is 126 Å². The van der Waals surface area contributed by atoms with Crippen molar-refractivity contribution in [1.29, 1.82) is 0 Å². The van der Waals surface area contributed by atoms with Crippen LogP contribution in [0.1, 0.15) is 102 Å². The van der Waals surface area contributed by atoms with Crippen LogP contribution in [0.4, 0.5) is 0 Å². The van der Waals surface area contributed by atoms with Crippen molar-refractivity contribution in [2.75, 3.05) is 6.16 Å². The van der Waals surface area contributed by atoms with Gasteiger partial charge in [0.05, 0.1) is 24.6 Å². The second-order valence-electron chi connectivity index (χ2n) is 12.9. The van der Waals surface area contributed by atoms with Crippen LogP contribution in [0.5, 0.6) is 0 Å². The van der Waals surface area contributed by atoms with Crippen molar-refractivity contribution in [2.45, 2.75) is 83.2 Å². The molecule has 45 heavy (non-hydrogen) atoms. The Hall–Kier alpha value is -3.61. The minimum absolute atomic E-state index is 0.0166. The number of unbranched alkanes of at least 4 members (excludes halogenated alkanes) is 7. The molecule has 0 heterocycles. The first-order chi connectivity index (χ1) is 22.0. The summed E-state index contributed by atoms with van der Waals surface area (Å²) in [5, 5.41) is 0. The number of carbonyl (C=O) groups is 2. The van der Waals surface area contributed by atoms with Crippen LogP contribution in [-0.2, 0) is 18.5 Å². The Morgan fingerprint density at radius 2 is 0.822 bits per heavy atom. The average Bonchev–Trinajstić information content (AvgIpc) is 3.07. The first kappa shape index (κ1) is 32.8. The number of ketones is 2. The van der Waals surface area contributed by atoms with Crippen molar-refractivity contribution in [3.8, 4) is 0 Å². The van der Waals surface area contributed by atoms with Gasteiger partial charge in [0, 0.05) is 29.5 Å². The van der Waals surface area contributed by atoms with Gasteiger partial charge in [-0.15, -0.1) is 0 Å². The molecule has 0 unspecified atom stereocenters. The molecule has 2 nitrogen and oxygen atoms in total. The van der Waals surface area contributed by atoms with Gasteiger partial charge in [0.1, 0.15) is 0 Å². The van der Waals surface area contributed by atoms with E-state index in [1.54, 1.807) is 12.1 Å². The molecule has 4 aromatic carbocycles. The molecular formula is C42H48O2P+. The summed E-state index contributed by atoms with van der Waals surface area (Å²) in [6.45, 7) is 1.82. The lowest BCUT2D eigenvalue weighted by molar-refractivity contribution is 0.0971. The topological polar surface area (TPSA) is 34.1 Å². The Balaban J connectivity index is 1.10. The molecule has 1 aliphatic rings. The number of Topliss-reactive ketones (excluding diaryl/α,β-unsaturated/α-hetero) is 2. The number of hydrogen-bond donors (Lipinski definition) is 0. The molecule has 232 valence electrons. The standard InChI is InChI=1S/C42H48O2P/c1-34-38(42(44)40-29-19-18-28-39(40)41(34)43)27-17-6-4-2-3-5-7-20-30-45(31-35-21-11-8-12-22-35,32-36-23-13-9-14-24-36)33-37-25-15-10-16-26-37/h8-16,18-19,21-26,28-29H,2-7,17,20,27,30-33H2,1H3/q+1. The van der Waals surface area contributed by atoms with Gasteiger partial charge >= 0.3 is 0 Å². The average molecular weight is 616 g/mol. The quantitative estimate of drug-likeness (QED) is 0.0875. The SMILES string of the molecule is CC1=C(CCCCCCCCCC[P+](Cc2ccccc2)(Cc2ccccc2)Cc2ccccc2)C(=O)c2ccccc2C1=O. The van der Waals surface area contributed by atoms with Gasteiger partial charge in [-0.3, -0.25) is 9.59 Å². The van der Waals surface area contributed by atoms with E-state index in [2.05, 4.69) is 91.0 Å². The van der Waals surface area contributed by atoms with E-state index in [0.29, 0.717) is 23.1 Å². The molecule has 0 N–H and O–H groups in total. The third kappa shape index (κ3) is 9.21. The summed E-state index contributed by atoms with van der Waals surface area (Å²) < 4.78 is 0. The molecule has 0 radical (unpaired) electrons. The van der Waals surface area contributed by atoms with E-state index in [4.69, 9.17) is 0 Å². The highest BCUT2D eigenvalue weighted by Crippen LogP contribution is 2.67. The number of hydrogen-bond acceptors (Lipinski definition) is 2. The van der Waals surface area contributed by atoms with Gasteiger partial charge in [0.2, 0.25) is 0 Å². The summed E-state index contributed by atoms with van der Waals surface area (Å²) in [5.41, 5.74) is 6.94. The zero-order chi connectivity index (χ0) is 31.3. The third-order valence-electron chi connectivity index (χ3n) is 9.38. The fraction of sp³-hybridized carbons (Fsp3) is 0.333. The van der Waals surface area contributed by atoms with Crippen molar-refractivity contribution >= 4 is 18.8 Å². The second kappa shape index (κ2) is 16.6. The van der Waals surface area contributed by atoms with E-state index in [-0.39, 0.29) is 11.6 Å². The van der Waals surface area contributed by atoms with Crippen LogP contribution in [-0.4, -0.2) is 17.7 Å². The van der Waals surface area contributed by atoms with Crippen molar-refractivity contribution in [3.05, 3.63) is 154 Å². The smallest absolute Gasteiger partial charge is 0.190 e. The largest absolute Gasteiger partial charge is 0.289 e. The van der Waals surface area contributed by atoms with Gasteiger partial charge in [-0.25, -0.2) is 0 Å². The predicted octanol–water partition coefficient (Wildman–Crippen LogP) is 11.5. The summed E-state index contributed by atoms with van der Waals surface area (Å²) >= 11 is 0. The molecule has 0 bridgehead atoms. The van der Waals surface area contributed by atoms with E-state index in [1.165, 1.54) is 79.9 Å². The molecule has 0 saturated heterocycles. The predicted molar refractivity (Wildman–Crippen MR) is 192 cm³/mol. The number of fused-ring (bicyclic) bond motifs is 1. The molecule has 0 fully saturated rings. The van der Waals surface area contributed by atoms with Gasteiger partial charge in [0.25, 0.3) is 0 Å². The maximum atomic E-state index is 13.0. The first-order valence-electron chi connectivity index (χ1n) is 16.9. The fourth-order valence-corrected chi connectivity index (χ4v) is 11.6. The van der Waals surface area contributed by atoms with Gasteiger partial charge in [-0.05, 0) is 49.3 Å².